The molecule has 0 amide bonds. The fraction of sp³-hybridized carbons (Fsp3) is 0. The average molecular weight is 280 g/mol. The van der Waals surface area contributed by atoms with Crippen molar-refractivity contribution in [3.05, 3.63) is 72.0 Å². The molecular formula is C17H10ClNO. The molecule has 1 heterocycles. The van der Waals surface area contributed by atoms with Gasteiger partial charge in [-0.25, -0.2) is 0 Å². The monoisotopic (exact) mass is 279 g/mol. The quantitative estimate of drug-likeness (QED) is 0.615. The van der Waals surface area contributed by atoms with E-state index in [0.717, 1.165) is 16.5 Å². The van der Waals surface area contributed by atoms with Crippen molar-refractivity contribution in [3.8, 4) is 6.07 Å². The van der Waals surface area contributed by atoms with Crippen LogP contribution in [-0.2, 0) is 0 Å². The molecule has 1 aromatic heterocycles. The molecule has 3 heteroatoms. The third kappa shape index (κ3) is 2.20. The largest absolute Gasteiger partial charge is 0.455 e. The molecule has 2 aromatic carbocycles. The third-order valence-corrected chi connectivity index (χ3v) is 3.41. The second kappa shape index (κ2) is 5.24. The van der Waals surface area contributed by atoms with E-state index in [1.54, 1.807) is 0 Å². The van der Waals surface area contributed by atoms with Crippen molar-refractivity contribution in [2.45, 2.75) is 0 Å². The lowest BCUT2D eigenvalue weighted by Gasteiger charge is -2.01. The first-order valence-corrected chi connectivity index (χ1v) is 6.51. The van der Waals surface area contributed by atoms with Gasteiger partial charge in [0.05, 0.1) is 5.57 Å². The minimum atomic E-state index is 0.329. The fourth-order valence-corrected chi connectivity index (χ4v) is 2.30. The lowest BCUT2D eigenvalue weighted by atomic mass is 10.1. The Morgan fingerprint density at radius 3 is 2.40 bits per heavy atom. The molecule has 0 bridgehead atoms. The first-order valence-electron chi connectivity index (χ1n) is 6.14. The van der Waals surface area contributed by atoms with E-state index in [2.05, 4.69) is 6.07 Å². The maximum Gasteiger partial charge on any atom is 0.148 e. The van der Waals surface area contributed by atoms with Gasteiger partial charge >= 0.3 is 0 Å². The van der Waals surface area contributed by atoms with Crippen molar-refractivity contribution in [3.63, 3.8) is 0 Å². The molecule has 0 aliphatic heterocycles. The highest BCUT2D eigenvalue weighted by Gasteiger charge is 2.13. The summed E-state index contributed by atoms with van der Waals surface area (Å²) >= 11 is 6.34. The van der Waals surface area contributed by atoms with Gasteiger partial charge in [0, 0.05) is 5.39 Å². The van der Waals surface area contributed by atoms with E-state index in [0.29, 0.717) is 16.4 Å². The summed E-state index contributed by atoms with van der Waals surface area (Å²) in [5.41, 5.74) is 1.94. The van der Waals surface area contributed by atoms with Gasteiger partial charge < -0.3 is 4.42 Å². The van der Waals surface area contributed by atoms with Crippen LogP contribution >= 0.6 is 11.6 Å². The predicted octanol–water partition coefficient (Wildman–Crippen LogP) is 5.06. The van der Waals surface area contributed by atoms with E-state index in [9.17, 15) is 5.26 Å². The molecule has 2 nitrogen and oxygen atoms in total. The Labute approximate surface area is 121 Å². The van der Waals surface area contributed by atoms with Crippen LogP contribution in [0.5, 0.6) is 0 Å². The normalized spacial score (nSPS) is 12.0. The molecular weight excluding hydrogens is 270 g/mol. The van der Waals surface area contributed by atoms with Gasteiger partial charge in [-0.15, -0.1) is 0 Å². The van der Waals surface area contributed by atoms with Gasteiger partial charge in [0.25, 0.3) is 0 Å². The highest BCUT2D eigenvalue weighted by molar-refractivity contribution is 6.53. The maximum atomic E-state index is 9.35. The zero-order valence-corrected chi connectivity index (χ0v) is 11.3. The number of hydrogen-bond donors (Lipinski definition) is 0. The summed E-state index contributed by atoms with van der Waals surface area (Å²) in [5, 5.41) is 10.6. The molecule has 0 aliphatic carbocycles. The van der Waals surface area contributed by atoms with Crippen LogP contribution in [0.3, 0.4) is 0 Å². The minimum Gasteiger partial charge on any atom is -0.455 e. The van der Waals surface area contributed by atoms with Gasteiger partial charge in [-0.05, 0) is 17.7 Å². The second-order valence-electron chi connectivity index (χ2n) is 4.32. The van der Waals surface area contributed by atoms with Gasteiger partial charge in [0.2, 0.25) is 0 Å². The molecule has 96 valence electrons. The SMILES string of the molecule is N#CC(=C(Cl)c1cc2ccccc2o1)c1ccccc1. The average Bonchev–Trinajstić information content (AvgIpc) is 2.93. The molecule has 3 rings (SSSR count). The highest BCUT2D eigenvalue weighted by Crippen LogP contribution is 2.32. The first kappa shape index (κ1) is 12.5. The number of para-hydroxylation sites is 1. The molecule has 0 saturated carbocycles. The summed E-state index contributed by atoms with van der Waals surface area (Å²) in [4.78, 5) is 0. The Morgan fingerprint density at radius 1 is 1.00 bits per heavy atom. The summed E-state index contributed by atoms with van der Waals surface area (Å²) in [6.07, 6.45) is 0. The predicted molar refractivity (Wildman–Crippen MR) is 80.9 cm³/mol. The minimum absolute atomic E-state index is 0.329. The number of hydrogen-bond acceptors (Lipinski definition) is 2. The second-order valence-corrected chi connectivity index (χ2v) is 4.69. The summed E-state index contributed by atoms with van der Waals surface area (Å²) in [6, 6.07) is 21.0. The maximum absolute atomic E-state index is 9.35. The van der Waals surface area contributed by atoms with Gasteiger partial charge in [0.15, 0.2) is 0 Å². The standard InChI is InChI=1S/C17H10ClNO/c18-17(14(11-19)12-6-2-1-3-7-12)16-10-13-8-4-5-9-15(13)20-16/h1-10H. The van der Waals surface area contributed by atoms with Crippen LogP contribution in [0, 0.1) is 11.3 Å². The van der Waals surface area contributed by atoms with Crippen LogP contribution in [0.4, 0.5) is 0 Å². The van der Waals surface area contributed by atoms with E-state index in [1.807, 2.05) is 60.7 Å². The number of halogens is 1. The van der Waals surface area contributed by atoms with Gasteiger partial charge in [-0.2, -0.15) is 5.26 Å². The zero-order valence-electron chi connectivity index (χ0n) is 10.5. The number of nitrogens with zero attached hydrogens (tertiary/aromatic N) is 1. The molecule has 3 aromatic rings. The number of rotatable bonds is 2. The molecule has 0 spiro atoms. The van der Waals surface area contributed by atoms with E-state index in [1.165, 1.54) is 0 Å². The smallest absolute Gasteiger partial charge is 0.148 e. The Kier molecular flexibility index (Phi) is 3.28. The number of fused-ring (bicyclic) bond motifs is 1. The molecule has 0 unspecified atom stereocenters. The van der Waals surface area contributed by atoms with E-state index in [4.69, 9.17) is 16.0 Å². The summed E-state index contributed by atoms with van der Waals surface area (Å²) in [5.74, 6) is 0.508. The number of allylic oxidation sites excluding steroid dienone is 1. The van der Waals surface area contributed by atoms with E-state index < -0.39 is 0 Å². The Morgan fingerprint density at radius 2 is 1.70 bits per heavy atom. The molecule has 0 radical (unpaired) electrons. The van der Waals surface area contributed by atoms with Crippen molar-refractivity contribution in [2.24, 2.45) is 0 Å². The lowest BCUT2D eigenvalue weighted by molar-refractivity contribution is 0.603. The molecule has 0 fully saturated rings. The fourth-order valence-electron chi connectivity index (χ4n) is 2.06. The summed E-state index contributed by atoms with van der Waals surface area (Å²) < 4.78 is 5.69. The lowest BCUT2D eigenvalue weighted by Crippen LogP contribution is -1.84. The van der Waals surface area contributed by atoms with Crippen molar-refractivity contribution >= 4 is 33.2 Å². The van der Waals surface area contributed by atoms with Crippen LogP contribution in [0.2, 0.25) is 0 Å². The van der Waals surface area contributed by atoms with Crippen LogP contribution in [0.25, 0.3) is 21.6 Å². The van der Waals surface area contributed by atoms with E-state index >= 15 is 0 Å². The molecule has 0 N–H and O–H groups in total. The van der Waals surface area contributed by atoms with Crippen molar-refractivity contribution in [2.75, 3.05) is 0 Å². The first-order chi connectivity index (χ1) is 9.79. The Hall–Kier alpha value is -2.50. The number of furan rings is 1. The van der Waals surface area contributed by atoms with Crippen LogP contribution in [0.15, 0.2) is 65.1 Å². The van der Waals surface area contributed by atoms with Crippen LogP contribution < -0.4 is 0 Å². The Bertz CT molecular complexity index is 792. The summed E-state index contributed by atoms with van der Waals surface area (Å²) in [6.45, 7) is 0. The molecule has 0 aliphatic rings. The van der Waals surface area contributed by atoms with Gasteiger partial charge in [-0.3, -0.25) is 0 Å². The summed E-state index contributed by atoms with van der Waals surface area (Å²) in [7, 11) is 0. The van der Waals surface area contributed by atoms with Crippen molar-refractivity contribution in [1.82, 2.24) is 0 Å². The van der Waals surface area contributed by atoms with Crippen LogP contribution in [0.1, 0.15) is 11.3 Å². The topological polar surface area (TPSA) is 36.9 Å². The molecule has 20 heavy (non-hydrogen) atoms. The van der Waals surface area contributed by atoms with E-state index in [-0.39, 0.29) is 0 Å². The third-order valence-electron chi connectivity index (χ3n) is 3.04. The van der Waals surface area contributed by atoms with Crippen molar-refractivity contribution in [1.29, 1.82) is 5.26 Å². The van der Waals surface area contributed by atoms with Crippen LogP contribution in [-0.4, -0.2) is 0 Å². The van der Waals surface area contributed by atoms with Crippen molar-refractivity contribution < 1.29 is 4.42 Å². The molecule has 0 atom stereocenters. The number of benzene rings is 2. The number of nitriles is 1. The molecule has 0 saturated heterocycles. The zero-order chi connectivity index (χ0) is 13.9. The Balaban J connectivity index is 2.16. The highest BCUT2D eigenvalue weighted by atomic mass is 35.5. The van der Waals surface area contributed by atoms with Gasteiger partial charge in [0.1, 0.15) is 22.4 Å². The van der Waals surface area contributed by atoms with Gasteiger partial charge in [-0.1, -0.05) is 60.1 Å².